The standard InChI is InChI=1S/C18H24O2/c1-17(2)12-18(3,13-7-5-4-6-8-13)20-16-11-14(19)9-10-15(16)17/h7,9-11,19H,4-6,8,12H2,1-3H3. The van der Waals surface area contributed by atoms with E-state index in [1.165, 1.54) is 30.4 Å². The van der Waals surface area contributed by atoms with Crippen molar-refractivity contribution in [1.82, 2.24) is 0 Å². The molecule has 0 amide bonds. The first-order chi connectivity index (χ1) is 9.41. The fraction of sp³-hybridized carbons (Fsp3) is 0.556. The van der Waals surface area contributed by atoms with Gasteiger partial charge in [-0.1, -0.05) is 26.0 Å². The van der Waals surface area contributed by atoms with Crippen molar-refractivity contribution in [2.45, 2.75) is 63.9 Å². The third kappa shape index (κ3) is 2.21. The van der Waals surface area contributed by atoms with Crippen molar-refractivity contribution in [2.24, 2.45) is 0 Å². The highest BCUT2D eigenvalue weighted by Gasteiger charge is 2.44. The third-order valence-electron chi connectivity index (χ3n) is 4.78. The zero-order chi connectivity index (χ0) is 14.4. The molecule has 108 valence electrons. The van der Waals surface area contributed by atoms with E-state index in [4.69, 9.17) is 4.74 Å². The van der Waals surface area contributed by atoms with E-state index in [2.05, 4.69) is 26.8 Å². The van der Waals surface area contributed by atoms with E-state index < -0.39 is 0 Å². The van der Waals surface area contributed by atoms with Crippen LogP contribution in [0.4, 0.5) is 0 Å². The van der Waals surface area contributed by atoms with Crippen LogP contribution in [0.15, 0.2) is 29.8 Å². The monoisotopic (exact) mass is 272 g/mol. The largest absolute Gasteiger partial charge is 0.508 e. The molecule has 0 radical (unpaired) electrons. The van der Waals surface area contributed by atoms with E-state index in [9.17, 15) is 5.11 Å². The molecule has 3 rings (SSSR count). The molecule has 2 heteroatoms. The quantitative estimate of drug-likeness (QED) is 0.750. The first-order valence-electron chi connectivity index (χ1n) is 7.63. The molecule has 2 aliphatic rings. The van der Waals surface area contributed by atoms with Crippen molar-refractivity contribution >= 4 is 0 Å². The van der Waals surface area contributed by atoms with E-state index in [0.29, 0.717) is 0 Å². The fourth-order valence-corrected chi connectivity index (χ4v) is 3.87. The molecule has 1 aliphatic heterocycles. The molecule has 0 aromatic heterocycles. The predicted octanol–water partition coefficient (Wildman–Crippen LogP) is 4.71. The number of ether oxygens (including phenoxy) is 1. The Bertz CT molecular complexity index is 557. The predicted molar refractivity (Wildman–Crippen MR) is 81.3 cm³/mol. The van der Waals surface area contributed by atoms with Crippen LogP contribution in [0.5, 0.6) is 11.5 Å². The van der Waals surface area contributed by atoms with Gasteiger partial charge in [-0.15, -0.1) is 0 Å². The molecule has 20 heavy (non-hydrogen) atoms. The maximum absolute atomic E-state index is 9.74. The highest BCUT2D eigenvalue weighted by molar-refractivity contribution is 5.47. The van der Waals surface area contributed by atoms with Crippen molar-refractivity contribution < 1.29 is 9.84 Å². The lowest BCUT2D eigenvalue weighted by Gasteiger charge is -2.46. The Morgan fingerprint density at radius 3 is 2.65 bits per heavy atom. The van der Waals surface area contributed by atoms with Gasteiger partial charge in [-0.25, -0.2) is 0 Å². The van der Waals surface area contributed by atoms with Crippen molar-refractivity contribution in [2.75, 3.05) is 0 Å². The maximum atomic E-state index is 9.74. The lowest BCUT2D eigenvalue weighted by atomic mass is 9.69. The minimum absolute atomic E-state index is 0.0638. The van der Waals surface area contributed by atoms with Gasteiger partial charge in [0.1, 0.15) is 17.1 Å². The Labute approximate surface area is 121 Å². The van der Waals surface area contributed by atoms with Gasteiger partial charge < -0.3 is 9.84 Å². The number of benzene rings is 1. The molecule has 1 aliphatic carbocycles. The molecule has 0 saturated heterocycles. The summed E-state index contributed by atoms with van der Waals surface area (Å²) in [4.78, 5) is 0. The number of rotatable bonds is 1. The molecule has 1 N–H and O–H groups in total. The number of phenols is 1. The average Bonchev–Trinajstić information content (AvgIpc) is 2.38. The lowest BCUT2D eigenvalue weighted by Crippen LogP contribution is -2.45. The Kier molecular flexibility index (Phi) is 3.07. The molecular weight excluding hydrogens is 248 g/mol. The van der Waals surface area contributed by atoms with Gasteiger partial charge in [-0.3, -0.25) is 0 Å². The smallest absolute Gasteiger partial charge is 0.128 e. The zero-order valence-corrected chi connectivity index (χ0v) is 12.7. The van der Waals surface area contributed by atoms with Gasteiger partial charge in [0, 0.05) is 18.1 Å². The highest BCUT2D eigenvalue weighted by Crippen LogP contribution is 2.49. The molecule has 1 atom stereocenters. The van der Waals surface area contributed by atoms with E-state index in [-0.39, 0.29) is 16.8 Å². The summed E-state index contributed by atoms with van der Waals surface area (Å²) in [6.45, 7) is 6.75. The number of allylic oxidation sites excluding steroid dienone is 1. The van der Waals surface area contributed by atoms with Crippen molar-refractivity contribution in [3.05, 3.63) is 35.4 Å². The van der Waals surface area contributed by atoms with Crippen LogP contribution < -0.4 is 4.74 Å². The van der Waals surface area contributed by atoms with Crippen LogP contribution in [0, 0.1) is 0 Å². The fourth-order valence-electron chi connectivity index (χ4n) is 3.87. The number of hydrogen-bond donors (Lipinski definition) is 1. The normalized spacial score (nSPS) is 28.2. The van der Waals surface area contributed by atoms with Crippen LogP contribution in [0.2, 0.25) is 0 Å². The Morgan fingerprint density at radius 1 is 1.15 bits per heavy atom. The molecule has 1 aromatic rings. The number of aromatic hydroxyl groups is 1. The van der Waals surface area contributed by atoms with Crippen molar-refractivity contribution in [3.8, 4) is 11.5 Å². The molecule has 1 aromatic carbocycles. The Hall–Kier alpha value is -1.44. The van der Waals surface area contributed by atoms with Gasteiger partial charge in [0.15, 0.2) is 0 Å². The van der Waals surface area contributed by atoms with Crippen molar-refractivity contribution in [3.63, 3.8) is 0 Å². The summed E-state index contributed by atoms with van der Waals surface area (Å²) in [5.41, 5.74) is 2.47. The van der Waals surface area contributed by atoms with Gasteiger partial charge >= 0.3 is 0 Å². The average molecular weight is 272 g/mol. The summed E-state index contributed by atoms with van der Waals surface area (Å²) in [5, 5.41) is 9.74. The number of phenolic OH excluding ortho intramolecular Hbond substituents is 1. The minimum atomic E-state index is -0.231. The van der Waals surface area contributed by atoms with E-state index in [1.54, 1.807) is 12.1 Å². The minimum Gasteiger partial charge on any atom is -0.508 e. The highest BCUT2D eigenvalue weighted by atomic mass is 16.5. The van der Waals surface area contributed by atoms with Crippen LogP contribution in [-0.4, -0.2) is 10.7 Å². The van der Waals surface area contributed by atoms with Gasteiger partial charge in [0.05, 0.1) is 0 Å². The van der Waals surface area contributed by atoms with Gasteiger partial charge in [0.2, 0.25) is 0 Å². The summed E-state index contributed by atoms with van der Waals surface area (Å²) in [6.07, 6.45) is 8.22. The van der Waals surface area contributed by atoms with E-state index in [1.807, 2.05) is 6.07 Å². The third-order valence-corrected chi connectivity index (χ3v) is 4.78. The molecule has 1 unspecified atom stereocenters. The van der Waals surface area contributed by atoms with Crippen molar-refractivity contribution in [1.29, 1.82) is 0 Å². The molecule has 0 bridgehead atoms. The second kappa shape index (κ2) is 4.54. The molecular formula is C18H24O2. The zero-order valence-electron chi connectivity index (χ0n) is 12.7. The summed E-state index contributed by atoms with van der Waals surface area (Å²) in [7, 11) is 0. The SMILES string of the molecule is CC1(C2=CCCCC2)CC(C)(C)c2ccc(O)cc2O1. The first kappa shape index (κ1) is 13.5. The van der Waals surface area contributed by atoms with Crippen LogP contribution in [0.1, 0.15) is 58.4 Å². The second-order valence-corrected chi connectivity index (χ2v) is 7.05. The second-order valence-electron chi connectivity index (χ2n) is 7.05. The lowest BCUT2D eigenvalue weighted by molar-refractivity contribution is 0.0642. The molecule has 0 fully saturated rings. The molecule has 0 saturated carbocycles. The van der Waals surface area contributed by atoms with E-state index in [0.717, 1.165) is 18.6 Å². The summed E-state index contributed by atoms with van der Waals surface area (Å²) in [5.74, 6) is 1.12. The van der Waals surface area contributed by atoms with Gasteiger partial charge in [0.25, 0.3) is 0 Å². The topological polar surface area (TPSA) is 29.5 Å². The van der Waals surface area contributed by atoms with Gasteiger partial charge in [-0.2, -0.15) is 0 Å². The molecule has 0 spiro atoms. The molecule has 1 heterocycles. The first-order valence-corrected chi connectivity index (χ1v) is 7.63. The summed E-state index contributed by atoms with van der Waals surface area (Å²) >= 11 is 0. The Balaban J connectivity index is 2.04. The van der Waals surface area contributed by atoms with Crippen LogP contribution in [0.3, 0.4) is 0 Å². The van der Waals surface area contributed by atoms with E-state index >= 15 is 0 Å². The van der Waals surface area contributed by atoms with Crippen LogP contribution >= 0.6 is 0 Å². The molecule has 2 nitrogen and oxygen atoms in total. The van der Waals surface area contributed by atoms with Crippen LogP contribution in [0.25, 0.3) is 0 Å². The maximum Gasteiger partial charge on any atom is 0.128 e. The summed E-state index contributed by atoms with van der Waals surface area (Å²) < 4.78 is 6.35. The number of fused-ring (bicyclic) bond motifs is 1. The Morgan fingerprint density at radius 2 is 1.95 bits per heavy atom. The summed E-state index contributed by atoms with van der Waals surface area (Å²) in [6, 6.07) is 5.52. The van der Waals surface area contributed by atoms with Crippen LogP contribution in [-0.2, 0) is 5.41 Å². The number of hydrogen-bond acceptors (Lipinski definition) is 2. The van der Waals surface area contributed by atoms with Gasteiger partial charge in [-0.05, 0) is 49.7 Å².